The Kier molecular flexibility index (Phi) is 9.62. The maximum Gasteiger partial charge on any atom is 0.301 e. The Balaban J connectivity index is 1.39. The molecule has 9 nitrogen and oxygen atoms in total. The first-order chi connectivity index (χ1) is 22.4. The van der Waals surface area contributed by atoms with Crippen molar-refractivity contribution >= 4 is 57.3 Å². The number of halogens is 1. The predicted molar refractivity (Wildman–Crippen MR) is 178 cm³/mol. The zero-order chi connectivity index (χ0) is 32.0. The van der Waals surface area contributed by atoms with Crippen LogP contribution in [0.5, 0.6) is 11.5 Å². The monoisotopic (exact) mass is 670 g/mol. The van der Waals surface area contributed by atoms with Crippen LogP contribution in [-0.4, -0.2) is 38.6 Å². The number of anilines is 1. The number of hydrogen-bond donors (Lipinski definition) is 1. The molecule has 1 aliphatic heterocycles. The third-order valence-corrected chi connectivity index (χ3v) is 9.60. The molecule has 0 spiro atoms. The van der Waals surface area contributed by atoms with Gasteiger partial charge in [0.05, 0.1) is 18.2 Å². The first-order valence-electron chi connectivity index (χ1n) is 14.3. The molecule has 0 aliphatic carbocycles. The van der Waals surface area contributed by atoms with E-state index in [4.69, 9.17) is 21.1 Å². The Bertz CT molecular complexity index is 1900. The Morgan fingerprint density at radius 2 is 1.72 bits per heavy atom. The number of aliphatic hydroxyl groups is 1. The molecule has 1 unspecified atom stereocenters. The Hall–Kier alpha value is -4.71. The molecule has 6 rings (SSSR count). The fourth-order valence-electron chi connectivity index (χ4n) is 4.94. The van der Waals surface area contributed by atoms with Crippen molar-refractivity contribution < 1.29 is 24.2 Å². The Morgan fingerprint density at radius 3 is 2.48 bits per heavy atom. The molecule has 5 aromatic rings. The van der Waals surface area contributed by atoms with Crippen molar-refractivity contribution in [3.63, 3.8) is 0 Å². The van der Waals surface area contributed by atoms with E-state index in [0.29, 0.717) is 51.0 Å². The fourth-order valence-corrected chi connectivity index (χ4v) is 7.09. The van der Waals surface area contributed by atoms with Crippen LogP contribution in [0.1, 0.15) is 35.2 Å². The number of carbonyl (C=O) groups excluding carboxylic acids is 2. The Labute approximate surface area is 278 Å². The number of aromatic nitrogens is 3. The summed E-state index contributed by atoms with van der Waals surface area (Å²) in [5.74, 6) is -0.536. The van der Waals surface area contributed by atoms with Crippen LogP contribution in [-0.2, 0) is 21.9 Å². The van der Waals surface area contributed by atoms with Crippen molar-refractivity contribution in [2.24, 2.45) is 0 Å². The summed E-state index contributed by atoms with van der Waals surface area (Å²) in [5.41, 5.74) is 2.70. The fraction of sp³-hybridized carbons (Fsp3) is 0.147. The SMILES string of the molecule is CCOc1cc(C2/C(=C(\O)c3ccncc3)C(=O)C(=O)N2c2nnc(SCc3ccccc3Cl)s2)ccc1OCc1ccccc1. The average molecular weight is 671 g/mol. The largest absolute Gasteiger partial charge is 0.507 e. The molecule has 0 radical (unpaired) electrons. The minimum atomic E-state index is -1.02. The van der Waals surface area contributed by atoms with Gasteiger partial charge in [-0.1, -0.05) is 89.3 Å². The first kappa shape index (κ1) is 31.3. The maximum atomic E-state index is 13.7. The van der Waals surface area contributed by atoms with Gasteiger partial charge < -0.3 is 14.6 Å². The number of amides is 1. The highest BCUT2D eigenvalue weighted by Crippen LogP contribution is 2.46. The summed E-state index contributed by atoms with van der Waals surface area (Å²) < 4.78 is 12.6. The van der Waals surface area contributed by atoms with Crippen LogP contribution in [0.25, 0.3) is 5.76 Å². The predicted octanol–water partition coefficient (Wildman–Crippen LogP) is 7.48. The summed E-state index contributed by atoms with van der Waals surface area (Å²) in [4.78, 5) is 32.6. The third kappa shape index (κ3) is 6.62. The van der Waals surface area contributed by atoms with Crippen LogP contribution in [0.15, 0.2) is 107 Å². The lowest BCUT2D eigenvalue weighted by Gasteiger charge is -2.23. The topological polar surface area (TPSA) is 115 Å². The van der Waals surface area contributed by atoms with E-state index < -0.39 is 17.7 Å². The molecule has 232 valence electrons. The third-order valence-electron chi connectivity index (χ3n) is 7.13. The number of carbonyl (C=O) groups is 2. The van der Waals surface area contributed by atoms with E-state index in [9.17, 15) is 14.7 Å². The van der Waals surface area contributed by atoms with E-state index in [1.54, 1.807) is 30.3 Å². The van der Waals surface area contributed by atoms with E-state index in [2.05, 4.69) is 15.2 Å². The Morgan fingerprint density at radius 1 is 0.957 bits per heavy atom. The minimum absolute atomic E-state index is 0.0860. The van der Waals surface area contributed by atoms with Crippen molar-refractivity contribution in [2.45, 2.75) is 29.7 Å². The number of ketones is 1. The summed E-state index contributed by atoms with van der Waals surface area (Å²) in [5, 5.41) is 20.9. The van der Waals surface area contributed by atoms with Gasteiger partial charge in [-0.2, -0.15) is 0 Å². The molecule has 12 heteroatoms. The first-order valence-corrected chi connectivity index (χ1v) is 16.5. The van der Waals surface area contributed by atoms with E-state index in [0.717, 1.165) is 11.1 Å². The van der Waals surface area contributed by atoms with Gasteiger partial charge in [0.15, 0.2) is 15.8 Å². The average Bonchev–Trinajstić information content (AvgIpc) is 3.66. The second-order valence-corrected chi connectivity index (χ2v) is 12.6. The molecule has 1 atom stereocenters. The highest BCUT2D eigenvalue weighted by Gasteiger charge is 2.48. The standard InChI is InChI=1S/C34H27ClN4O5S2/c1-2-43-27-18-23(12-13-26(27)44-19-21-8-4-3-5-9-21)29-28(30(40)22-14-16-36-17-15-22)31(41)32(42)39(29)33-37-38-34(46-33)45-20-24-10-6-7-11-25(24)35/h3-18,29,40H,2,19-20H2,1H3/b30-28+. The highest BCUT2D eigenvalue weighted by atomic mass is 35.5. The molecule has 1 N–H and O–H groups in total. The number of hydrogen-bond acceptors (Lipinski definition) is 10. The van der Waals surface area contributed by atoms with Gasteiger partial charge in [0.1, 0.15) is 12.4 Å². The van der Waals surface area contributed by atoms with Gasteiger partial charge in [0, 0.05) is 28.7 Å². The van der Waals surface area contributed by atoms with Crippen molar-refractivity contribution in [2.75, 3.05) is 11.5 Å². The van der Waals surface area contributed by atoms with Crippen molar-refractivity contribution in [1.29, 1.82) is 0 Å². The number of pyridine rings is 1. The van der Waals surface area contributed by atoms with E-state index in [1.807, 2.05) is 61.5 Å². The molecule has 3 aromatic carbocycles. The van der Waals surface area contributed by atoms with Crippen molar-refractivity contribution in [3.8, 4) is 11.5 Å². The second kappa shape index (κ2) is 14.2. The van der Waals surface area contributed by atoms with Crippen LogP contribution in [0.2, 0.25) is 5.02 Å². The van der Waals surface area contributed by atoms with Gasteiger partial charge in [0.2, 0.25) is 5.13 Å². The second-order valence-electron chi connectivity index (χ2n) is 10.0. The normalized spacial score (nSPS) is 15.7. The van der Waals surface area contributed by atoms with Crippen molar-refractivity contribution in [1.82, 2.24) is 15.2 Å². The molecule has 1 saturated heterocycles. The molecule has 1 amide bonds. The summed E-state index contributed by atoms with van der Waals surface area (Å²) in [6.07, 6.45) is 3.00. The molecule has 1 aliphatic rings. The molecular formula is C34H27ClN4O5S2. The molecular weight excluding hydrogens is 644 g/mol. The lowest BCUT2D eigenvalue weighted by Crippen LogP contribution is -2.29. The van der Waals surface area contributed by atoms with Crippen LogP contribution >= 0.6 is 34.7 Å². The molecule has 0 bridgehead atoms. The van der Waals surface area contributed by atoms with Gasteiger partial charge >= 0.3 is 5.91 Å². The number of Topliss-reactive ketones (excluding diaryl/α,β-unsaturated/α-hetero) is 1. The maximum absolute atomic E-state index is 13.7. The summed E-state index contributed by atoms with van der Waals surface area (Å²) in [6.45, 7) is 2.52. The van der Waals surface area contributed by atoms with Gasteiger partial charge in [0.25, 0.3) is 5.78 Å². The van der Waals surface area contributed by atoms with Crippen LogP contribution in [0.3, 0.4) is 0 Å². The van der Waals surface area contributed by atoms with Crippen LogP contribution in [0, 0.1) is 0 Å². The van der Waals surface area contributed by atoms with E-state index in [-0.39, 0.29) is 16.5 Å². The number of rotatable bonds is 11. The van der Waals surface area contributed by atoms with Gasteiger partial charge in [-0.15, -0.1) is 10.2 Å². The summed E-state index contributed by atoms with van der Waals surface area (Å²) in [6, 6.07) is 24.6. The lowest BCUT2D eigenvalue weighted by atomic mass is 9.95. The number of nitrogens with zero attached hydrogens (tertiary/aromatic N) is 4. The molecule has 3 heterocycles. The quantitative estimate of drug-likeness (QED) is 0.0502. The zero-order valence-corrected chi connectivity index (χ0v) is 26.9. The van der Waals surface area contributed by atoms with Crippen LogP contribution in [0.4, 0.5) is 5.13 Å². The minimum Gasteiger partial charge on any atom is -0.507 e. The number of thioether (sulfide) groups is 1. The lowest BCUT2D eigenvalue weighted by molar-refractivity contribution is -0.132. The smallest absolute Gasteiger partial charge is 0.301 e. The molecule has 0 saturated carbocycles. The van der Waals surface area contributed by atoms with E-state index in [1.165, 1.54) is 40.4 Å². The van der Waals surface area contributed by atoms with Gasteiger partial charge in [-0.05, 0) is 53.9 Å². The van der Waals surface area contributed by atoms with Gasteiger partial charge in [-0.3, -0.25) is 19.5 Å². The highest BCUT2D eigenvalue weighted by molar-refractivity contribution is 8.00. The molecule has 2 aromatic heterocycles. The summed E-state index contributed by atoms with van der Waals surface area (Å²) in [7, 11) is 0. The zero-order valence-electron chi connectivity index (χ0n) is 24.5. The summed E-state index contributed by atoms with van der Waals surface area (Å²) >= 11 is 8.92. The number of aliphatic hydroxyl groups excluding tert-OH is 1. The number of ether oxygens (including phenoxy) is 2. The molecule has 1 fully saturated rings. The van der Waals surface area contributed by atoms with Gasteiger partial charge in [-0.25, -0.2) is 0 Å². The van der Waals surface area contributed by atoms with Crippen molar-refractivity contribution in [3.05, 3.63) is 130 Å². The van der Waals surface area contributed by atoms with Crippen LogP contribution < -0.4 is 14.4 Å². The molecule has 46 heavy (non-hydrogen) atoms. The number of benzene rings is 3. The van der Waals surface area contributed by atoms with E-state index >= 15 is 0 Å².